The average Bonchev–Trinajstić information content (AvgIpc) is 3.16. The number of aliphatic carboxylic acids is 1. The highest BCUT2D eigenvalue weighted by Gasteiger charge is 2.23. The summed E-state index contributed by atoms with van der Waals surface area (Å²) in [7, 11) is 0. The Balaban J connectivity index is 4.57. The number of carbonyl (C=O) groups excluding carboxylic acids is 3. The summed E-state index contributed by atoms with van der Waals surface area (Å²) >= 11 is 1.29. The van der Waals surface area contributed by atoms with Crippen LogP contribution in [-0.2, 0) is 28.7 Å². The van der Waals surface area contributed by atoms with Crippen molar-refractivity contribution in [2.75, 3.05) is 18.1 Å². The van der Waals surface area contributed by atoms with Crippen LogP contribution in [0.5, 0.6) is 0 Å². The van der Waals surface area contributed by atoms with Gasteiger partial charge in [0.1, 0.15) is 18.8 Å². The first-order valence-corrected chi connectivity index (χ1v) is 24.4. The molecule has 0 spiro atoms. The summed E-state index contributed by atoms with van der Waals surface area (Å²) in [5.74, 6) is -1.52. The molecule has 0 saturated heterocycles. The lowest BCUT2D eigenvalue weighted by molar-refractivity contribution is -0.157. The molecule has 2 N–H and O–H groups in total. The standard InChI is InChI=1S/C46H87NO7S/c1-4-7-10-13-16-19-20-21-22-25-26-29-32-35-43(48)47-42(46(51)52)40-55-39-41(54-45(50)37-34-31-28-24-18-15-12-9-6-3)38-53-44(49)36-33-30-27-23-17-14-11-8-5-2/h41-42H,4-40H2,1-3H3,(H,47,48)(H,51,52)/t41-,42+/m1/s1. The third-order valence-corrected chi connectivity index (χ3v) is 11.6. The number of hydrogen-bond acceptors (Lipinski definition) is 7. The molecule has 0 aliphatic carbocycles. The first kappa shape index (κ1) is 53.2. The van der Waals surface area contributed by atoms with E-state index >= 15 is 0 Å². The Labute approximate surface area is 343 Å². The summed E-state index contributed by atoms with van der Waals surface area (Å²) in [5, 5.41) is 12.5. The van der Waals surface area contributed by atoms with E-state index in [0.29, 0.717) is 19.3 Å². The Morgan fingerprint density at radius 3 is 1.20 bits per heavy atom. The lowest BCUT2D eigenvalue weighted by Crippen LogP contribution is -2.42. The summed E-state index contributed by atoms with van der Waals surface area (Å²) in [5.41, 5.74) is 0. The van der Waals surface area contributed by atoms with Crippen LogP contribution in [0.25, 0.3) is 0 Å². The summed E-state index contributed by atoms with van der Waals surface area (Å²) in [6.07, 6.45) is 37.1. The van der Waals surface area contributed by atoms with Gasteiger partial charge in [-0.15, -0.1) is 0 Å². The van der Waals surface area contributed by atoms with Crippen molar-refractivity contribution in [1.29, 1.82) is 0 Å². The number of unbranched alkanes of at least 4 members (excludes halogenated alkanes) is 28. The smallest absolute Gasteiger partial charge is 0.327 e. The minimum atomic E-state index is -1.09. The first-order chi connectivity index (χ1) is 26.8. The van der Waals surface area contributed by atoms with Crippen LogP contribution < -0.4 is 5.32 Å². The van der Waals surface area contributed by atoms with Crippen molar-refractivity contribution < 1.29 is 33.8 Å². The van der Waals surface area contributed by atoms with Crippen LogP contribution in [0.15, 0.2) is 0 Å². The largest absolute Gasteiger partial charge is 0.480 e. The summed E-state index contributed by atoms with van der Waals surface area (Å²) in [6.45, 7) is 6.65. The molecular weight excluding hydrogens is 711 g/mol. The number of carbonyl (C=O) groups is 4. The van der Waals surface area contributed by atoms with Gasteiger partial charge in [0, 0.05) is 30.8 Å². The predicted octanol–water partition coefficient (Wildman–Crippen LogP) is 13.1. The van der Waals surface area contributed by atoms with E-state index in [-0.39, 0.29) is 36.0 Å². The zero-order chi connectivity index (χ0) is 40.5. The lowest BCUT2D eigenvalue weighted by atomic mass is 10.0. The van der Waals surface area contributed by atoms with Crippen molar-refractivity contribution in [3.63, 3.8) is 0 Å². The van der Waals surface area contributed by atoms with Crippen LogP contribution in [0.1, 0.15) is 239 Å². The molecule has 9 heteroatoms. The monoisotopic (exact) mass is 798 g/mol. The Morgan fingerprint density at radius 2 is 0.818 bits per heavy atom. The van der Waals surface area contributed by atoms with Crippen molar-refractivity contribution in [3.8, 4) is 0 Å². The molecule has 0 rings (SSSR count). The van der Waals surface area contributed by atoms with E-state index in [1.165, 1.54) is 153 Å². The maximum atomic E-state index is 12.8. The van der Waals surface area contributed by atoms with Gasteiger partial charge in [0.25, 0.3) is 0 Å². The van der Waals surface area contributed by atoms with Gasteiger partial charge in [-0.3, -0.25) is 14.4 Å². The molecular formula is C46H87NO7S. The maximum Gasteiger partial charge on any atom is 0.327 e. The second-order valence-corrected chi connectivity index (χ2v) is 17.0. The highest BCUT2D eigenvalue weighted by molar-refractivity contribution is 7.99. The number of carboxylic acids is 1. The molecule has 1 amide bonds. The molecule has 324 valence electrons. The normalized spacial score (nSPS) is 12.3. The van der Waals surface area contributed by atoms with Crippen molar-refractivity contribution in [1.82, 2.24) is 5.32 Å². The third-order valence-electron chi connectivity index (χ3n) is 10.4. The van der Waals surface area contributed by atoms with E-state index in [9.17, 15) is 24.3 Å². The van der Waals surface area contributed by atoms with Gasteiger partial charge in [-0.1, -0.05) is 201 Å². The number of thioether (sulfide) groups is 1. The van der Waals surface area contributed by atoms with E-state index in [0.717, 1.165) is 57.8 Å². The topological polar surface area (TPSA) is 119 Å². The molecule has 0 aliphatic rings. The molecule has 0 aromatic heterocycles. The van der Waals surface area contributed by atoms with Gasteiger partial charge in [-0.2, -0.15) is 11.8 Å². The molecule has 8 nitrogen and oxygen atoms in total. The SMILES string of the molecule is CCCCCCCCCCCCCCCC(=O)N[C@@H](CSC[C@@H](COC(=O)CCCCCCCCCCC)OC(=O)CCCCCCCCCCC)C(=O)O. The van der Waals surface area contributed by atoms with Gasteiger partial charge in [-0.05, 0) is 19.3 Å². The Bertz CT molecular complexity index is 902. The van der Waals surface area contributed by atoms with Crippen molar-refractivity contribution in [2.45, 2.75) is 251 Å². The fourth-order valence-corrected chi connectivity index (χ4v) is 7.87. The van der Waals surface area contributed by atoms with Crippen molar-refractivity contribution >= 4 is 35.6 Å². The second kappa shape index (κ2) is 41.9. The summed E-state index contributed by atoms with van der Waals surface area (Å²) < 4.78 is 11.3. The van der Waals surface area contributed by atoms with Crippen molar-refractivity contribution in [3.05, 3.63) is 0 Å². The van der Waals surface area contributed by atoms with E-state index in [4.69, 9.17) is 9.47 Å². The number of nitrogens with one attached hydrogen (secondary N) is 1. The van der Waals surface area contributed by atoms with E-state index in [2.05, 4.69) is 26.1 Å². The van der Waals surface area contributed by atoms with Crippen LogP contribution in [0.2, 0.25) is 0 Å². The molecule has 0 saturated carbocycles. The van der Waals surface area contributed by atoms with E-state index < -0.39 is 18.1 Å². The van der Waals surface area contributed by atoms with Gasteiger partial charge < -0.3 is 19.9 Å². The zero-order valence-electron chi connectivity index (χ0n) is 36.1. The number of esters is 2. The number of ether oxygens (including phenoxy) is 2. The van der Waals surface area contributed by atoms with Crippen LogP contribution in [0, 0.1) is 0 Å². The number of amides is 1. The first-order valence-electron chi connectivity index (χ1n) is 23.3. The van der Waals surface area contributed by atoms with Crippen LogP contribution >= 0.6 is 11.8 Å². The molecule has 55 heavy (non-hydrogen) atoms. The van der Waals surface area contributed by atoms with Gasteiger partial charge in [-0.25, -0.2) is 4.79 Å². The zero-order valence-corrected chi connectivity index (χ0v) is 36.9. The minimum Gasteiger partial charge on any atom is -0.480 e. The Hall–Kier alpha value is -1.77. The fourth-order valence-electron chi connectivity index (χ4n) is 6.84. The molecule has 0 radical (unpaired) electrons. The average molecular weight is 798 g/mol. The van der Waals surface area contributed by atoms with Crippen molar-refractivity contribution in [2.24, 2.45) is 0 Å². The van der Waals surface area contributed by atoms with Gasteiger partial charge in [0.05, 0.1) is 0 Å². The van der Waals surface area contributed by atoms with Gasteiger partial charge in [0.2, 0.25) is 5.91 Å². The van der Waals surface area contributed by atoms with Crippen LogP contribution in [0.4, 0.5) is 0 Å². The third kappa shape index (κ3) is 38.9. The minimum absolute atomic E-state index is 0.0457. The van der Waals surface area contributed by atoms with E-state index in [1.807, 2.05) is 0 Å². The Morgan fingerprint density at radius 1 is 0.473 bits per heavy atom. The lowest BCUT2D eigenvalue weighted by Gasteiger charge is -2.19. The quantitative estimate of drug-likeness (QED) is 0.0462. The molecule has 2 atom stereocenters. The second-order valence-electron chi connectivity index (χ2n) is 15.9. The molecule has 0 aliphatic heterocycles. The van der Waals surface area contributed by atoms with Gasteiger partial charge >= 0.3 is 17.9 Å². The molecule has 0 unspecified atom stereocenters. The number of carboxylic acid groups (broad SMARTS) is 1. The summed E-state index contributed by atoms with van der Waals surface area (Å²) in [6, 6.07) is -1.04. The molecule has 0 aromatic rings. The molecule has 0 fully saturated rings. The molecule has 0 aromatic carbocycles. The highest BCUT2D eigenvalue weighted by Crippen LogP contribution is 2.16. The Kier molecular flexibility index (Phi) is 40.5. The number of rotatable bonds is 43. The molecule has 0 heterocycles. The van der Waals surface area contributed by atoms with Gasteiger partial charge in [0.15, 0.2) is 0 Å². The maximum absolute atomic E-state index is 12.8. The molecule has 0 bridgehead atoms. The fraction of sp³-hybridized carbons (Fsp3) is 0.913. The predicted molar refractivity (Wildman–Crippen MR) is 232 cm³/mol. The highest BCUT2D eigenvalue weighted by atomic mass is 32.2. The number of hydrogen-bond donors (Lipinski definition) is 2. The van der Waals surface area contributed by atoms with Crippen LogP contribution in [0.3, 0.4) is 0 Å². The van der Waals surface area contributed by atoms with Crippen LogP contribution in [-0.4, -0.2) is 59.2 Å². The van der Waals surface area contributed by atoms with E-state index in [1.54, 1.807) is 0 Å². The summed E-state index contributed by atoms with van der Waals surface area (Å²) in [4.78, 5) is 49.9.